The highest BCUT2D eigenvalue weighted by atomic mass is 16.5. The molecule has 0 amide bonds. The van der Waals surface area contributed by atoms with Crippen molar-refractivity contribution in [2.75, 3.05) is 11.5 Å². The molecule has 0 fully saturated rings. The highest BCUT2D eigenvalue weighted by molar-refractivity contribution is 5.42. The number of rotatable bonds is 3. The summed E-state index contributed by atoms with van der Waals surface area (Å²) in [5.74, 6) is 1.51. The Balaban J connectivity index is 2.31. The van der Waals surface area contributed by atoms with Crippen molar-refractivity contribution < 1.29 is 4.74 Å². The predicted molar refractivity (Wildman–Crippen MR) is 66.8 cm³/mol. The van der Waals surface area contributed by atoms with Crippen LogP contribution in [-0.4, -0.2) is 9.97 Å². The van der Waals surface area contributed by atoms with Gasteiger partial charge in [0.1, 0.15) is 11.6 Å². The molecule has 0 unspecified atom stereocenters. The molecule has 0 radical (unpaired) electrons. The molecule has 0 atom stereocenters. The van der Waals surface area contributed by atoms with E-state index in [0.29, 0.717) is 11.7 Å². The smallest absolute Gasteiger partial charge is 0.226 e. The summed E-state index contributed by atoms with van der Waals surface area (Å²) in [4.78, 5) is 7.75. The summed E-state index contributed by atoms with van der Waals surface area (Å²) >= 11 is 0. The molecule has 5 nitrogen and oxygen atoms in total. The Morgan fingerprint density at radius 3 is 2.65 bits per heavy atom. The second kappa shape index (κ2) is 4.69. The van der Waals surface area contributed by atoms with Crippen LogP contribution in [0.3, 0.4) is 0 Å². The van der Waals surface area contributed by atoms with Gasteiger partial charge in [0.25, 0.3) is 0 Å². The number of anilines is 2. The van der Waals surface area contributed by atoms with E-state index in [-0.39, 0.29) is 5.95 Å². The van der Waals surface area contributed by atoms with Crippen molar-refractivity contribution in [3.8, 4) is 11.6 Å². The molecule has 0 aliphatic heterocycles. The van der Waals surface area contributed by atoms with Crippen LogP contribution < -0.4 is 16.2 Å². The largest absolute Gasteiger partial charge is 0.438 e. The third kappa shape index (κ3) is 2.63. The van der Waals surface area contributed by atoms with Gasteiger partial charge in [0, 0.05) is 6.07 Å². The fourth-order valence-electron chi connectivity index (χ4n) is 1.52. The van der Waals surface area contributed by atoms with Crippen LogP contribution in [0.25, 0.3) is 0 Å². The molecule has 0 saturated carbocycles. The summed E-state index contributed by atoms with van der Waals surface area (Å²) < 4.78 is 5.65. The number of aryl methyl sites for hydroxylation is 1. The van der Waals surface area contributed by atoms with Crippen LogP contribution in [0, 0.1) is 0 Å². The molecular formula is C12H14N4O. The maximum atomic E-state index is 5.65. The minimum Gasteiger partial charge on any atom is -0.438 e. The van der Waals surface area contributed by atoms with Gasteiger partial charge in [-0.1, -0.05) is 25.1 Å². The molecular weight excluding hydrogens is 216 g/mol. The Morgan fingerprint density at radius 1 is 1.18 bits per heavy atom. The van der Waals surface area contributed by atoms with E-state index in [1.54, 1.807) is 6.07 Å². The summed E-state index contributed by atoms with van der Waals surface area (Å²) in [5.41, 5.74) is 12.2. The van der Waals surface area contributed by atoms with Crippen molar-refractivity contribution in [2.45, 2.75) is 13.3 Å². The molecule has 0 saturated heterocycles. The van der Waals surface area contributed by atoms with Gasteiger partial charge in [0.15, 0.2) is 0 Å². The average molecular weight is 230 g/mol. The molecule has 1 aromatic heterocycles. The van der Waals surface area contributed by atoms with E-state index in [1.807, 2.05) is 24.3 Å². The first kappa shape index (κ1) is 11.2. The topological polar surface area (TPSA) is 87.0 Å². The molecule has 2 aromatic rings. The number of nitrogen functional groups attached to an aromatic ring is 2. The number of nitrogens with zero attached hydrogens (tertiary/aromatic N) is 2. The fraction of sp³-hybridized carbons (Fsp3) is 0.167. The van der Waals surface area contributed by atoms with Crippen LogP contribution in [-0.2, 0) is 6.42 Å². The molecule has 17 heavy (non-hydrogen) atoms. The van der Waals surface area contributed by atoms with Gasteiger partial charge in [0.2, 0.25) is 11.8 Å². The lowest BCUT2D eigenvalue weighted by molar-refractivity contribution is 0.458. The van der Waals surface area contributed by atoms with Crippen LogP contribution in [0.4, 0.5) is 11.8 Å². The van der Waals surface area contributed by atoms with Crippen molar-refractivity contribution in [1.29, 1.82) is 0 Å². The summed E-state index contributed by atoms with van der Waals surface area (Å²) in [6, 6.07) is 9.30. The Kier molecular flexibility index (Phi) is 3.09. The number of hydrogen-bond donors (Lipinski definition) is 2. The summed E-state index contributed by atoms with van der Waals surface area (Å²) in [7, 11) is 0. The van der Waals surface area contributed by atoms with E-state index < -0.39 is 0 Å². The van der Waals surface area contributed by atoms with E-state index in [2.05, 4.69) is 16.9 Å². The molecule has 88 valence electrons. The normalized spacial score (nSPS) is 10.2. The first-order chi connectivity index (χ1) is 8.19. The zero-order chi connectivity index (χ0) is 12.3. The van der Waals surface area contributed by atoms with Crippen molar-refractivity contribution in [1.82, 2.24) is 9.97 Å². The lowest BCUT2D eigenvalue weighted by atomic mass is 10.1. The molecule has 1 aromatic carbocycles. The Labute approximate surface area is 99.5 Å². The SMILES string of the molecule is CCc1ccccc1Oc1cc(N)nc(N)n1. The first-order valence-corrected chi connectivity index (χ1v) is 5.35. The molecule has 0 aliphatic carbocycles. The van der Waals surface area contributed by atoms with Gasteiger partial charge >= 0.3 is 0 Å². The summed E-state index contributed by atoms with van der Waals surface area (Å²) in [6.07, 6.45) is 0.881. The van der Waals surface area contributed by atoms with Crippen molar-refractivity contribution in [3.05, 3.63) is 35.9 Å². The second-order valence-electron chi connectivity index (χ2n) is 3.55. The lowest BCUT2D eigenvalue weighted by Gasteiger charge is -2.09. The van der Waals surface area contributed by atoms with Crippen LogP contribution in [0.2, 0.25) is 0 Å². The van der Waals surface area contributed by atoms with Crippen molar-refractivity contribution in [3.63, 3.8) is 0 Å². The highest BCUT2D eigenvalue weighted by Crippen LogP contribution is 2.25. The Bertz CT molecular complexity index is 507. The first-order valence-electron chi connectivity index (χ1n) is 5.35. The molecule has 4 N–H and O–H groups in total. The average Bonchev–Trinajstić information content (AvgIpc) is 2.28. The number of hydrogen-bond acceptors (Lipinski definition) is 5. The summed E-state index contributed by atoms with van der Waals surface area (Å²) in [5, 5.41) is 0. The van der Waals surface area contributed by atoms with Gasteiger partial charge in [-0.25, -0.2) is 0 Å². The number of para-hydroxylation sites is 1. The van der Waals surface area contributed by atoms with E-state index in [0.717, 1.165) is 17.7 Å². The third-order valence-corrected chi connectivity index (χ3v) is 2.31. The van der Waals surface area contributed by atoms with Crippen LogP contribution in [0.5, 0.6) is 11.6 Å². The molecule has 1 heterocycles. The van der Waals surface area contributed by atoms with Crippen molar-refractivity contribution in [2.24, 2.45) is 0 Å². The van der Waals surface area contributed by atoms with Gasteiger partial charge in [-0.2, -0.15) is 9.97 Å². The van der Waals surface area contributed by atoms with Gasteiger partial charge in [0.05, 0.1) is 0 Å². The van der Waals surface area contributed by atoms with Crippen LogP contribution in [0.15, 0.2) is 30.3 Å². The zero-order valence-electron chi connectivity index (χ0n) is 9.55. The van der Waals surface area contributed by atoms with Gasteiger partial charge in [-0.3, -0.25) is 0 Å². The monoisotopic (exact) mass is 230 g/mol. The Morgan fingerprint density at radius 2 is 1.94 bits per heavy atom. The number of nitrogens with two attached hydrogens (primary N) is 2. The van der Waals surface area contributed by atoms with Gasteiger partial charge in [-0.05, 0) is 18.1 Å². The maximum Gasteiger partial charge on any atom is 0.226 e. The molecule has 2 rings (SSSR count). The molecule has 0 bridgehead atoms. The molecule has 0 spiro atoms. The second-order valence-corrected chi connectivity index (χ2v) is 3.55. The molecule has 0 aliphatic rings. The Hall–Kier alpha value is -2.30. The quantitative estimate of drug-likeness (QED) is 0.842. The van der Waals surface area contributed by atoms with Crippen LogP contribution in [0.1, 0.15) is 12.5 Å². The van der Waals surface area contributed by atoms with Crippen molar-refractivity contribution >= 4 is 11.8 Å². The lowest BCUT2D eigenvalue weighted by Crippen LogP contribution is -2.01. The van der Waals surface area contributed by atoms with E-state index in [4.69, 9.17) is 16.2 Å². The summed E-state index contributed by atoms with van der Waals surface area (Å²) in [6.45, 7) is 2.06. The van der Waals surface area contributed by atoms with Gasteiger partial charge < -0.3 is 16.2 Å². The maximum absolute atomic E-state index is 5.65. The minimum absolute atomic E-state index is 0.106. The van der Waals surface area contributed by atoms with Crippen LogP contribution >= 0.6 is 0 Å². The van der Waals surface area contributed by atoms with E-state index >= 15 is 0 Å². The van der Waals surface area contributed by atoms with E-state index in [9.17, 15) is 0 Å². The molecule has 5 heteroatoms. The van der Waals surface area contributed by atoms with Gasteiger partial charge in [-0.15, -0.1) is 0 Å². The standard InChI is InChI=1S/C12H14N4O/c1-2-8-5-3-4-6-9(8)17-11-7-10(13)15-12(14)16-11/h3-7H,2H2,1H3,(H4,13,14,15,16). The zero-order valence-corrected chi connectivity index (χ0v) is 9.55. The number of aromatic nitrogens is 2. The fourth-order valence-corrected chi connectivity index (χ4v) is 1.52. The number of ether oxygens (including phenoxy) is 1. The highest BCUT2D eigenvalue weighted by Gasteiger charge is 2.05. The third-order valence-electron chi connectivity index (χ3n) is 2.31. The van der Waals surface area contributed by atoms with E-state index in [1.165, 1.54) is 0 Å². The number of benzene rings is 1. The predicted octanol–water partition coefficient (Wildman–Crippen LogP) is 2.00. The minimum atomic E-state index is 0.106.